The molecule has 0 aliphatic carbocycles. The zero-order valence-corrected chi connectivity index (χ0v) is 15.3. The van der Waals surface area contributed by atoms with Crippen LogP contribution in [0, 0.1) is 0 Å². The summed E-state index contributed by atoms with van der Waals surface area (Å²) >= 11 is 0. The molecule has 142 valence electrons. The maximum Gasteiger partial charge on any atom is 0.257 e. The van der Waals surface area contributed by atoms with Gasteiger partial charge in [-0.3, -0.25) is 14.4 Å². The number of benzene rings is 2. The second-order valence-electron chi connectivity index (χ2n) is 5.85. The third kappa shape index (κ3) is 5.21. The van der Waals surface area contributed by atoms with Crippen LogP contribution in [0.25, 0.3) is 0 Å². The van der Waals surface area contributed by atoms with Gasteiger partial charge in [-0.15, -0.1) is 0 Å². The molecule has 0 aromatic heterocycles. The van der Waals surface area contributed by atoms with Crippen LogP contribution in [0.5, 0.6) is 11.5 Å². The third-order valence-corrected chi connectivity index (χ3v) is 3.57. The maximum atomic E-state index is 12.5. The normalized spacial score (nSPS) is 10.0. The molecule has 0 fully saturated rings. The van der Waals surface area contributed by atoms with Crippen LogP contribution in [0.15, 0.2) is 42.5 Å². The van der Waals surface area contributed by atoms with Crippen LogP contribution in [0.2, 0.25) is 0 Å². The zero-order valence-electron chi connectivity index (χ0n) is 15.3. The van der Waals surface area contributed by atoms with Crippen molar-refractivity contribution in [1.82, 2.24) is 4.90 Å². The van der Waals surface area contributed by atoms with Crippen molar-refractivity contribution >= 4 is 23.4 Å². The lowest BCUT2D eigenvalue weighted by Gasteiger charge is -2.15. The van der Waals surface area contributed by atoms with E-state index in [1.165, 1.54) is 18.1 Å². The Morgan fingerprint density at radius 3 is 2.48 bits per heavy atom. The first-order chi connectivity index (χ1) is 12.8. The molecule has 0 aliphatic heterocycles. The molecule has 3 amide bonds. The molecular formula is C19H21N3O5. The summed E-state index contributed by atoms with van der Waals surface area (Å²) in [5, 5.41) is 2.72. The van der Waals surface area contributed by atoms with E-state index in [9.17, 15) is 14.4 Å². The summed E-state index contributed by atoms with van der Waals surface area (Å²) in [6.07, 6.45) is 0. The van der Waals surface area contributed by atoms with Crippen LogP contribution in [-0.4, -0.2) is 50.4 Å². The standard InChI is InChI=1S/C19H21N3O5/c1-22(2)19(25)15-10-13(7-8-16(15)26-3)21-18(24)12-5-4-6-14(9-12)27-11-17(20)23/h4-10H,11H2,1-3H3,(H2,20,23)(H,21,24). The highest BCUT2D eigenvalue weighted by molar-refractivity contribution is 6.05. The van der Waals surface area contributed by atoms with E-state index in [1.54, 1.807) is 50.5 Å². The fraction of sp³-hybridized carbons (Fsp3) is 0.211. The lowest BCUT2D eigenvalue weighted by molar-refractivity contribution is -0.119. The van der Waals surface area contributed by atoms with Crippen molar-refractivity contribution < 1.29 is 23.9 Å². The van der Waals surface area contributed by atoms with Gasteiger partial charge in [0, 0.05) is 25.3 Å². The smallest absolute Gasteiger partial charge is 0.257 e. The highest BCUT2D eigenvalue weighted by atomic mass is 16.5. The van der Waals surface area contributed by atoms with Gasteiger partial charge in [0.05, 0.1) is 12.7 Å². The first kappa shape index (κ1) is 19.8. The van der Waals surface area contributed by atoms with Gasteiger partial charge in [0.15, 0.2) is 6.61 Å². The molecule has 8 nitrogen and oxygen atoms in total. The number of nitrogens with two attached hydrogens (primary N) is 1. The molecule has 0 heterocycles. The van der Waals surface area contributed by atoms with Crippen molar-refractivity contribution in [3.63, 3.8) is 0 Å². The van der Waals surface area contributed by atoms with Gasteiger partial charge < -0.3 is 25.4 Å². The average Bonchev–Trinajstić information content (AvgIpc) is 2.65. The molecule has 0 saturated heterocycles. The zero-order chi connectivity index (χ0) is 20.0. The first-order valence-electron chi connectivity index (χ1n) is 8.04. The number of nitrogens with zero attached hydrogens (tertiary/aromatic N) is 1. The number of hydrogen-bond donors (Lipinski definition) is 2. The number of carbonyl (C=O) groups is 3. The van der Waals surface area contributed by atoms with E-state index in [4.69, 9.17) is 15.2 Å². The van der Waals surface area contributed by atoms with Crippen molar-refractivity contribution in [2.45, 2.75) is 0 Å². The second kappa shape index (κ2) is 8.70. The molecule has 0 bridgehead atoms. The van der Waals surface area contributed by atoms with E-state index in [0.29, 0.717) is 28.3 Å². The van der Waals surface area contributed by atoms with Crippen molar-refractivity contribution in [3.8, 4) is 11.5 Å². The summed E-state index contributed by atoms with van der Waals surface area (Å²) in [5.74, 6) is -0.493. The Balaban J connectivity index is 2.20. The quantitative estimate of drug-likeness (QED) is 0.766. The van der Waals surface area contributed by atoms with Gasteiger partial charge in [0.25, 0.3) is 17.7 Å². The van der Waals surface area contributed by atoms with E-state index in [-0.39, 0.29) is 12.5 Å². The molecule has 2 aromatic rings. The molecule has 3 N–H and O–H groups in total. The number of primary amides is 1. The summed E-state index contributed by atoms with van der Waals surface area (Å²) in [4.78, 5) is 37.0. The van der Waals surface area contributed by atoms with E-state index in [0.717, 1.165) is 0 Å². The van der Waals surface area contributed by atoms with Crippen LogP contribution in [0.3, 0.4) is 0 Å². The second-order valence-corrected chi connectivity index (χ2v) is 5.85. The van der Waals surface area contributed by atoms with Gasteiger partial charge in [-0.25, -0.2) is 0 Å². The van der Waals surface area contributed by atoms with Crippen molar-refractivity contribution in [3.05, 3.63) is 53.6 Å². The number of carbonyl (C=O) groups excluding carboxylic acids is 3. The van der Waals surface area contributed by atoms with Crippen LogP contribution in [-0.2, 0) is 4.79 Å². The van der Waals surface area contributed by atoms with E-state index in [1.807, 2.05) is 0 Å². The highest BCUT2D eigenvalue weighted by Gasteiger charge is 2.16. The number of ether oxygens (including phenoxy) is 2. The molecule has 2 aromatic carbocycles. The molecule has 0 aliphatic rings. The highest BCUT2D eigenvalue weighted by Crippen LogP contribution is 2.24. The van der Waals surface area contributed by atoms with Crippen LogP contribution < -0.4 is 20.5 Å². The Labute approximate surface area is 156 Å². The summed E-state index contributed by atoms with van der Waals surface area (Å²) in [7, 11) is 4.73. The third-order valence-electron chi connectivity index (χ3n) is 3.57. The van der Waals surface area contributed by atoms with Gasteiger partial charge >= 0.3 is 0 Å². The SMILES string of the molecule is COc1ccc(NC(=O)c2cccc(OCC(N)=O)c2)cc1C(=O)N(C)C. The summed E-state index contributed by atoms with van der Waals surface area (Å²) in [5.41, 5.74) is 6.14. The maximum absolute atomic E-state index is 12.5. The van der Waals surface area contributed by atoms with Gasteiger partial charge in [0.2, 0.25) is 0 Å². The first-order valence-corrected chi connectivity index (χ1v) is 8.04. The molecule has 0 unspecified atom stereocenters. The van der Waals surface area contributed by atoms with Gasteiger partial charge in [-0.2, -0.15) is 0 Å². The topological polar surface area (TPSA) is 111 Å². The van der Waals surface area contributed by atoms with Gasteiger partial charge in [-0.1, -0.05) is 6.07 Å². The Morgan fingerprint density at radius 1 is 1.11 bits per heavy atom. The monoisotopic (exact) mass is 371 g/mol. The fourth-order valence-electron chi connectivity index (χ4n) is 2.28. The molecule has 0 spiro atoms. The lowest BCUT2D eigenvalue weighted by atomic mass is 10.1. The predicted molar refractivity (Wildman–Crippen MR) is 100 cm³/mol. The molecule has 0 saturated carbocycles. The van der Waals surface area contributed by atoms with E-state index < -0.39 is 11.8 Å². The molecule has 8 heteroatoms. The van der Waals surface area contributed by atoms with Crippen LogP contribution in [0.1, 0.15) is 20.7 Å². The lowest BCUT2D eigenvalue weighted by Crippen LogP contribution is -2.22. The number of hydrogen-bond acceptors (Lipinski definition) is 5. The summed E-state index contributed by atoms with van der Waals surface area (Å²) in [6.45, 7) is -0.278. The predicted octanol–water partition coefficient (Wildman–Crippen LogP) is 1.51. The number of amides is 3. The van der Waals surface area contributed by atoms with Crippen LogP contribution >= 0.6 is 0 Å². The van der Waals surface area contributed by atoms with Crippen molar-refractivity contribution in [2.24, 2.45) is 5.73 Å². The van der Waals surface area contributed by atoms with Gasteiger partial charge in [0.1, 0.15) is 11.5 Å². The molecule has 0 atom stereocenters. The summed E-state index contributed by atoms with van der Waals surface area (Å²) < 4.78 is 10.4. The molecular weight excluding hydrogens is 350 g/mol. The minimum absolute atomic E-state index is 0.246. The molecule has 0 radical (unpaired) electrons. The minimum atomic E-state index is -0.610. The summed E-state index contributed by atoms with van der Waals surface area (Å²) in [6, 6.07) is 11.1. The fourth-order valence-corrected chi connectivity index (χ4v) is 2.28. The Kier molecular flexibility index (Phi) is 6.37. The average molecular weight is 371 g/mol. The largest absolute Gasteiger partial charge is 0.496 e. The van der Waals surface area contributed by atoms with Crippen molar-refractivity contribution in [2.75, 3.05) is 33.1 Å². The Hall–Kier alpha value is -3.55. The number of anilines is 1. The number of methoxy groups -OCH3 is 1. The van der Waals surface area contributed by atoms with E-state index >= 15 is 0 Å². The number of rotatable bonds is 7. The minimum Gasteiger partial charge on any atom is -0.496 e. The Bertz CT molecular complexity index is 864. The molecule has 27 heavy (non-hydrogen) atoms. The van der Waals surface area contributed by atoms with Crippen molar-refractivity contribution in [1.29, 1.82) is 0 Å². The Morgan fingerprint density at radius 2 is 1.85 bits per heavy atom. The van der Waals surface area contributed by atoms with Gasteiger partial charge in [-0.05, 0) is 36.4 Å². The number of nitrogens with one attached hydrogen (secondary N) is 1. The van der Waals surface area contributed by atoms with E-state index in [2.05, 4.69) is 5.32 Å². The van der Waals surface area contributed by atoms with Crippen LogP contribution in [0.4, 0.5) is 5.69 Å². The molecule has 2 rings (SSSR count).